The number of nitrogens with zero attached hydrogens (tertiary/aromatic N) is 4. The van der Waals surface area contributed by atoms with Gasteiger partial charge in [0.15, 0.2) is 0 Å². The smallest absolute Gasteiger partial charge is 0.137 e. The molecular formula is C71H52F2N4O. The molecule has 5 nitrogen and oxygen atoms in total. The summed E-state index contributed by atoms with van der Waals surface area (Å²) in [4.78, 5) is 9.66. The van der Waals surface area contributed by atoms with E-state index in [0.29, 0.717) is 18.2 Å². The van der Waals surface area contributed by atoms with Crippen LogP contribution in [0.5, 0.6) is 11.5 Å². The summed E-state index contributed by atoms with van der Waals surface area (Å²) in [5.41, 5.74) is 15.3. The van der Waals surface area contributed by atoms with Crippen molar-refractivity contribution >= 4 is 44.6 Å². The molecule has 3 heterocycles. The molecule has 1 aliphatic carbocycles. The first-order valence-corrected chi connectivity index (χ1v) is 26.5. The molecule has 0 amide bonds. The molecule has 0 bridgehead atoms. The molecule has 0 fully saturated rings. The summed E-state index contributed by atoms with van der Waals surface area (Å²) >= 11 is 0. The van der Waals surface area contributed by atoms with Crippen LogP contribution in [0.15, 0.2) is 249 Å². The first-order valence-electron chi connectivity index (χ1n) is 26.5. The van der Waals surface area contributed by atoms with Gasteiger partial charge < -0.3 is 14.5 Å². The van der Waals surface area contributed by atoms with Gasteiger partial charge in [-0.1, -0.05) is 160 Å². The zero-order chi connectivity index (χ0) is 52.7. The van der Waals surface area contributed by atoms with Gasteiger partial charge >= 0.3 is 0 Å². The molecule has 376 valence electrons. The topological polar surface area (TPSA) is 33.5 Å². The van der Waals surface area contributed by atoms with Crippen molar-refractivity contribution in [3.05, 3.63) is 288 Å². The van der Waals surface area contributed by atoms with E-state index >= 15 is 8.78 Å². The maximum absolute atomic E-state index is 16.0. The third kappa shape index (κ3) is 7.60. The Labute approximate surface area is 452 Å². The number of rotatable bonds is 9. The summed E-state index contributed by atoms with van der Waals surface area (Å²) in [5.74, 6) is 1.57. The lowest BCUT2D eigenvalue weighted by atomic mass is 9.66. The second kappa shape index (κ2) is 18.3. The molecule has 0 saturated heterocycles. The van der Waals surface area contributed by atoms with Gasteiger partial charge in [0.05, 0.1) is 33.5 Å². The molecule has 7 heteroatoms. The van der Waals surface area contributed by atoms with Crippen LogP contribution in [0.3, 0.4) is 0 Å². The minimum atomic E-state index is -1.09. The Morgan fingerprint density at radius 3 is 1.69 bits per heavy atom. The summed E-state index contributed by atoms with van der Waals surface area (Å²) in [5, 5.41) is 2.27. The number of hydrogen-bond acceptors (Lipinski definition) is 4. The van der Waals surface area contributed by atoms with E-state index in [2.05, 4.69) is 205 Å². The molecule has 10 aromatic carbocycles. The third-order valence-electron chi connectivity index (χ3n) is 15.8. The highest BCUT2D eigenvalue weighted by Crippen LogP contribution is 2.59. The van der Waals surface area contributed by atoms with Gasteiger partial charge in [0.2, 0.25) is 0 Å². The standard InChI is InChI=1S/C71H52F2N4O/c1-70(2,3)49-36-37-74-68(40-49)77-64-27-14-13-26-58(64)59-35-32-55(44-67(59)77)78-54-25-17-24-53(43-54)75-45-76(66-29-16-15-28-65(66)75)69-60(46-18-7-4-8-19-46)38-50(39-61(69)47-20-9-5-10-21-47)71(48-22-11-6-12-23-48)62-41-51(72)30-33-56(62)57-34-31-52(73)42-63(57)71/h4-44H,45H2,1-3H3. The minimum absolute atomic E-state index is 0.0463. The van der Waals surface area contributed by atoms with E-state index in [1.165, 1.54) is 17.7 Å². The maximum Gasteiger partial charge on any atom is 0.137 e. The number of anilines is 4. The summed E-state index contributed by atoms with van der Waals surface area (Å²) in [6, 6.07) is 81.6. The van der Waals surface area contributed by atoms with Gasteiger partial charge in [0.25, 0.3) is 0 Å². The second-order valence-electron chi connectivity index (χ2n) is 21.4. The zero-order valence-corrected chi connectivity index (χ0v) is 43.3. The average molecular weight is 1020 g/mol. The number of para-hydroxylation sites is 3. The second-order valence-corrected chi connectivity index (χ2v) is 21.4. The molecule has 78 heavy (non-hydrogen) atoms. The quantitative estimate of drug-likeness (QED) is 0.144. The van der Waals surface area contributed by atoms with Gasteiger partial charge in [0.1, 0.15) is 35.6 Å². The van der Waals surface area contributed by atoms with E-state index in [9.17, 15) is 0 Å². The van der Waals surface area contributed by atoms with E-state index in [-0.39, 0.29) is 17.0 Å². The zero-order valence-electron chi connectivity index (χ0n) is 43.3. The summed E-state index contributed by atoms with van der Waals surface area (Å²) in [7, 11) is 0. The molecule has 0 unspecified atom stereocenters. The summed E-state index contributed by atoms with van der Waals surface area (Å²) in [6.07, 6.45) is 1.91. The first-order chi connectivity index (χ1) is 38.1. The number of benzene rings is 10. The van der Waals surface area contributed by atoms with Crippen molar-refractivity contribution in [2.45, 2.75) is 31.6 Å². The molecule has 2 aromatic heterocycles. The summed E-state index contributed by atoms with van der Waals surface area (Å²) in [6.45, 7) is 7.15. The van der Waals surface area contributed by atoms with E-state index in [1.54, 1.807) is 12.1 Å². The molecule has 1 aliphatic heterocycles. The molecular weight excluding hydrogens is 963 g/mol. The van der Waals surface area contributed by atoms with Crippen LogP contribution in [0.2, 0.25) is 0 Å². The van der Waals surface area contributed by atoms with Crippen molar-refractivity contribution < 1.29 is 13.5 Å². The van der Waals surface area contributed by atoms with Crippen LogP contribution in [-0.2, 0) is 10.8 Å². The fourth-order valence-electron chi connectivity index (χ4n) is 12.3. The Kier molecular flexibility index (Phi) is 11.0. The van der Waals surface area contributed by atoms with Crippen LogP contribution in [0.25, 0.3) is 61.0 Å². The Balaban J connectivity index is 0.917. The Morgan fingerprint density at radius 2 is 1.04 bits per heavy atom. The van der Waals surface area contributed by atoms with E-state index in [1.807, 2.05) is 54.7 Å². The predicted molar refractivity (Wildman–Crippen MR) is 314 cm³/mol. The normalized spacial score (nSPS) is 13.4. The Bertz CT molecular complexity index is 4190. The number of hydrogen-bond donors (Lipinski definition) is 0. The predicted octanol–water partition coefficient (Wildman–Crippen LogP) is 18.5. The third-order valence-corrected chi connectivity index (χ3v) is 15.8. The van der Waals surface area contributed by atoms with E-state index in [0.717, 1.165) is 106 Å². The van der Waals surface area contributed by atoms with Crippen molar-refractivity contribution in [3.63, 3.8) is 0 Å². The Morgan fingerprint density at radius 1 is 0.462 bits per heavy atom. The van der Waals surface area contributed by atoms with Crippen LogP contribution in [0.4, 0.5) is 31.5 Å². The number of fused-ring (bicyclic) bond motifs is 7. The highest BCUT2D eigenvalue weighted by Gasteiger charge is 2.48. The van der Waals surface area contributed by atoms with Gasteiger partial charge in [-0.3, -0.25) is 4.57 Å². The van der Waals surface area contributed by atoms with Crippen LogP contribution < -0.4 is 14.5 Å². The molecule has 0 saturated carbocycles. The van der Waals surface area contributed by atoms with Crippen molar-refractivity contribution in [3.8, 4) is 50.7 Å². The molecule has 0 atom stereocenters. The monoisotopic (exact) mass is 1010 g/mol. The largest absolute Gasteiger partial charge is 0.457 e. The van der Waals surface area contributed by atoms with Crippen molar-refractivity contribution in [2.75, 3.05) is 16.5 Å². The SMILES string of the molecule is CC(C)(C)c1ccnc(-n2c3ccccc3c3ccc(Oc4cccc(N5CN(c6c(-c7ccccc7)cc(C7(c8ccccc8)c8cc(F)ccc8-c8ccc(F)cc87)cc6-c6ccccc6)c6ccccc65)c4)cc32)c1. The van der Waals surface area contributed by atoms with Crippen LogP contribution in [0, 0.1) is 11.6 Å². The summed E-state index contributed by atoms with van der Waals surface area (Å²) < 4.78 is 41.0. The fourth-order valence-corrected chi connectivity index (χ4v) is 12.3. The highest BCUT2D eigenvalue weighted by atomic mass is 19.1. The lowest BCUT2D eigenvalue weighted by Gasteiger charge is -2.36. The lowest BCUT2D eigenvalue weighted by molar-refractivity contribution is 0.483. The van der Waals surface area contributed by atoms with Crippen LogP contribution in [0.1, 0.15) is 48.6 Å². The molecule has 0 radical (unpaired) electrons. The first kappa shape index (κ1) is 46.9. The van der Waals surface area contributed by atoms with Gasteiger partial charge in [-0.2, -0.15) is 0 Å². The number of aromatic nitrogens is 2. The van der Waals surface area contributed by atoms with E-state index < -0.39 is 5.41 Å². The highest BCUT2D eigenvalue weighted by molar-refractivity contribution is 6.09. The van der Waals surface area contributed by atoms with Gasteiger partial charge in [-0.15, -0.1) is 0 Å². The number of halogens is 2. The maximum atomic E-state index is 16.0. The number of pyridine rings is 1. The van der Waals surface area contributed by atoms with Crippen molar-refractivity contribution in [1.82, 2.24) is 9.55 Å². The molecule has 2 aliphatic rings. The van der Waals surface area contributed by atoms with Gasteiger partial charge in [0, 0.05) is 45.9 Å². The van der Waals surface area contributed by atoms with E-state index in [4.69, 9.17) is 9.72 Å². The van der Waals surface area contributed by atoms with Crippen LogP contribution in [-0.4, -0.2) is 16.2 Å². The average Bonchev–Trinajstić information content (AvgIpc) is 4.00. The van der Waals surface area contributed by atoms with Crippen molar-refractivity contribution in [2.24, 2.45) is 0 Å². The van der Waals surface area contributed by atoms with Crippen molar-refractivity contribution in [1.29, 1.82) is 0 Å². The molecule has 0 N–H and O–H groups in total. The Hall–Kier alpha value is -9.59. The fraction of sp³-hybridized carbons (Fsp3) is 0.0845. The van der Waals surface area contributed by atoms with Gasteiger partial charge in [-0.05, 0) is 146 Å². The molecule has 0 spiro atoms. The minimum Gasteiger partial charge on any atom is -0.457 e. The lowest BCUT2D eigenvalue weighted by Crippen LogP contribution is -2.30. The molecule has 12 aromatic rings. The van der Waals surface area contributed by atoms with Crippen LogP contribution >= 0.6 is 0 Å². The molecule has 14 rings (SSSR count). The van der Waals surface area contributed by atoms with Gasteiger partial charge in [-0.25, -0.2) is 13.8 Å². The number of ether oxygens (including phenoxy) is 1.